The molecule has 0 saturated carbocycles. The van der Waals surface area contributed by atoms with Gasteiger partial charge in [0, 0.05) is 31.2 Å². The molecule has 0 saturated heterocycles. The van der Waals surface area contributed by atoms with E-state index in [1.54, 1.807) is 100.0 Å². The van der Waals surface area contributed by atoms with Crippen molar-refractivity contribution in [3.63, 3.8) is 0 Å². The van der Waals surface area contributed by atoms with E-state index in [4.69, 9.17) is 55.9 Å². The average molecular weight is 819 g/mol. The first-order valence-corrected chi connectivity index (χ1v) is 17.8. The molecule has 261 valence electrons. The van der Waals surface area contributed by atoms with Gasteiger partial charge in [-0.2, -0.15) is 10.2 Å². The summed E-state index contributed by atoms with van der Waals surface area (Å²) in [4.78, 5) is 32.2. The molecule has 2 aromatic heterocycles. The second-order valence-electron chi connectivity index (χ2n) is 11.9. The van der Waals surface area contributed by atoms with Crippen LogP contribution in [0.5, 0.6) is 0 Å². The third-order valence-corrected chi connectivity index (χ3v) is 7.11. The summed E-state index contributed by atoms with van der Waals surface area (Å²) in [5, 5.41) is 10.0. The molecule has 0 fully saturated rings. The molecule has 0 N–H and O–H groups in total. The summed E-state index contributed by atoms with van der Waals surface area (Å²) in [6.07, 6.45) is 4.82. The summed E-state index contributed by atoms with van der Waals surface area (Å²) >= 11 is 25.1. The van der Waals surface area contributed by atoms with Crippen molar-refractivity contribution in [3.05, 3.63) is 92.9 Å². The van der Waals surface area contributed by atoms with Crippen LogP contribution in [0.2, 0.25) is 20.1 Å². The van der Waals surface area contributed by atoms with Crippen molar-refractivity contribution in [1.29, 1.82) is 0 Å². The number of nitrogens with zero attached hydrogens (tertiary/aromatic N) is 6. The van der Waals surface area contributed by atoms with Crippen molar-refractivity contribution in [2.24, 2.45) is 10.8 Å². The second-order valence-corrected chi connectivity index (χ2v) is 15.1. The first-order chi connectivity index (χ1) is 22.0. The molecule has 17 heteroatoms. The predicted molar refractivity (Wildman–Crippen MR) is 181 cm³/mol. The first-order valence-electron chi connectivity index (χ1n) is 13.7. The molecule has 47 heavy (non-hydrogen) atoms. The van der Waals surface area contributed by atoms with Crippen molar-refractivity contribution < 1.29 is 32.2 Å². The van der Waals surface area contributed by atoms with Gasteiger partial charge >= 0.3 is 45.3 Å². The minimum atomic E-state index is -0.612. The van der Waals surface area contributed by atoms with Gasteiger partial charge in [0.1, 0.15) is 37.5 Å². The van der Waals surface area contributed by atoms with E-state index in [0.29, 0.717) is 44.3 Å². The van der Waals surface area contributed by atoms with Gasteiger partial charge in [0.15, 0.2) is 0 Å². The van der Waals surface area contributed by atoms with E-state index in [-0.39, 0.29) is 11.9 Å². The van der Waals surface area contributed by atoms with Crippen LogP contribution >= 0.6 is 66.6 Å². The van der Waals surface area contributed by atoms with Crippen LogP contribution in [0.4, 0.5) is 0 Å². The van der Waals surface area contributed by atoms with E-state index in [9.17, 15) is 9.59 Å². The number of carbonyl (C=O) groups excluding carboxylic acids is 2. The Labute approximate surface area is 308 Å². The van der Waals surface area contributed by atoms with Gasteiger partial charge in [-0.05, 0) is 65.8 Å². The van der Waals surface area contributed by atoms with Crippen LogP contribution in [0.15, 0.2) is 61.7 Å². The fourth-order valence-corrected chi connectivity index (χ4v) is 4.59. The second kappa shape index (κ2) is 19.2. The number of carbonyl (C=O) groups is 2. The van der Waals surface area contributed by atoms with Crippen molar-refractivity contribution >= 4 is 78.5 Å². The zero-order chi connectivity index (χ0) is 35.4. The molecule has 2 heterocycles. The zero-order valence-corrected chi connectivity index (χ0v) is 31.7. The molecule has 0 aliphatic heterocycles. The van der Waals surface area contributed by atoms with Crippen LogP contribution in [0.25, 0.3) is 0 Å². The third kappa shape index (κ3) is 14.1. The van der Waals surface area contributed by atoms with E-state index in [2.05, 4.69) is 40.4 Å². The molecule has 2 aromatic carbocycles. The molecule has 2 atom stereocenters. The topological polar surface area (TPSA) is 114 Å². The quantitative estimate of drug-likeness (QED) is 0.128. The number of hydrogen-bond donors (Lipinski definition) is 0. The van der Waals surface area contributed by atoms with Gasteiger partial charge in [0.25, 0.3) is 0 Å². The Balaban J connectivity index is 0.000000302. The van der Waals surface area contributed by atoms with E-state index in [0.717, 1.165) is 13.1 Å². The van der Waals surface area contributed by atoms with Gasteiger partial charge in [0.05, 0.1) is 23.9 Å². The van der Waals surface area contributed by atoms with E-state index < -0.39 is 23.0 Å². The molecule has 4 aromatic rings. The Morgan fingerprint density at radius 3 is 1.30 bits per heavy atom. The molecule has 0 radical (unpaired) electrons. The van der Waals surface area contributed by atoms with Gasteiger partial charge in [0.2, 0.25) is 0 Å². The monoisotopic (exact) mass is 815 g/mol. The van der Waals surface area contributed by atoms with Crippen LogP contribution in [-0.2, 0) is 45.3 Å². The predicted octanol–water partition coefficient (Wildman–Crippen LogP) is 9.21. The van der Waals surface area contributed by atoms with Crippen LogP contribution in [-0.4, -0.2) is 41.5 Å². The summed E-state index contributed by atoms with van der Waals surface area (Å²) in [7, 11) is 9.34. The number of rotatable bonds is 8. The Morgan fingerprint density at radius 2 is 1.04 bits per heavy atom. The average Bonchev–Trinajstić information content (AvgIpc) is 3.67. The maximum atomic E-state index is 12.2. The molecular weight excluding hydrogens is 785 g/mol. The standard InChI is InChI=1S/2C15H17Cl2N3O2.2ClH.Cu/c2*1-15(2,3)14(21)22-13(7-20-9-18-8-19-20)11-5-4-10(16)6-12(11)17;;;/h2*4-6,8-9,13H,7H2,1-3H3;2*1H;/q;;;;+2/p-2. The van der Waals surface area contributed by atoms with Crippen molar-refractivity contribution in [2.45, 2.75) is 66.8 Å². The van der Waals surface area contributed by atoms with Gasteiger partial charge in [-0.1, -0.05) is 58.5 Å². The summed E-state index contributed by atoms with van der Waals surface area (Å²) in [5.74, 6) is -0.632. The van der Waals surface area contributed by atoms with E-state index in [1.165, 1.54) is 12.7 Å². The maximum absolute atomic E-state index is 12.2. The molecule has 0 aliphatic rings. The molecule has 4 rings (SSSR count). The zero-order valence-electron chi connectivity index (χ0n) is 26.2. The summed E-state index contributed by atoms with van der Waals surface area (Å²) in [6, 6.07) is 10.2. The van der Waals surface area contributed by atoms with Gasteiger partial charge < -0.3 is 9.47 Å². The van der Waals surface area contributed by atoms with Gasteiger partial charge in [-0.3, -0.25) is 9.59 Å². The number of ether oxygens (including phenoxy) is 2. The van der Waals surface area contributed by atoms with E-state index >= 15 is 0 Å². The van der Waals surface area contributed by atoms with Gasteiger partial charge in [-0.15, -0.1) is 0 Å². The Hall–Kier alpha value is -2.08. The molecule has 0 bridgehead atoms. The minimum absolute atomic E-state index is 0.316. The van der Waals surface area contributed by atoms with Crippen LogP contribution in [0, 0.1) is 10.8 Å². The third-order valence-electron chi connectivity index (χ3n) is 5.98. The summed E-state index contributed by atoms with van der Waals surface area (Å²) < 4.78 is 14.5. The van der Waals surface area contributed by atoms with Crippen LogP contribution in [0.3, 0.4) is 0 Å². The van der Waals surface area contributed by atoms with E-state index in [1.807, 2.05) is 0 Å². The molecular formula is C30H34Cl6CuN6O4. The Morgan fingerprint density at radius 1 is 0.702 bits per heavy atom. The number of esters is 2. The molecule has 0 amide bonds. The van der Waals surface area contributed by atoms with Crippen molar-refractivity contribution in [2.75, 3.05) is 0 Å². The number of halogens is 6. The fraction of sp³-hybridized carbons (Fsp3) is 0.400. The van der Waals surface area contributed by atoms with Crippen LogP contribution < -0.4 is 0 Å². The first kappa shape index (κ1) is 41.1. The summed E-state index contributed by atoms with van der Waals surface area (Å²) in [6.45, 7) is 11.4. The fourth-order valence-electron chi connectivity index (χ4n) is 3.53. The number of benzene rings is 2. The Kier molecular flexibility index (Phi) is 16.8. The van der Waals surface area contributed by atoms with Crippen molar-refractivity contribution in [1.82, 2.24) is 29.5 Å². The summed E-state index contributed by atoms with van der Waals surface area (Å²) in [5.41, 5.74) is 0.136. The normalized spacial score (nSPS) is 12.6. The molecule has 2 unspecified atom stereocenters. The molecule has 10 nitrogen and oxygen atoms in total. The number of aromatic nitrogens is 6. The SMILES string of the molecule is CC(C)(C)C(=O)OC(Cn1cncn1)c1ccc(Cl)cc1Cl.CC(C)(C)C(=O)OC(Cn1cncn1)c1ccc(Cl)cc1Cl.[Cl][Cu][Cl]. The Bertz CT molecular complexity index is 1450. The van der Waals surface area contributed by atoms with Gasteiger partial charge in [-0.25, -0.2) is 19.3 Å². The molecule has 0 aliphatic carbocycles. The van der Waals surface area contributed by atoms with Crippen molar-refractivity contribution in [3.8, 4) is 0 Å². The number of hydrogen-bond acceptors (Lipinski definition) is 8. The molecule has 0 spiro atoms. The van der Waals surface area contributed by atoms with Crippen LogP contribution in [0.1, 0.15) is 64.9 Å².